The topological polar surface area (TPSA) is 15.3 Å². The Bertz CT molecular complexity index is 398. The summed E-state index contributed by atoms with van der Waals surface area (Å²) >= 11 is 5.82. The van der Waals surface area contributed by atoms with Gasteiger partial charge in [0, 0.05) is 42.8 Å². The van der Waals surface area contributed by atoms with Gasteiger partial charge in [0.2, 0.25) is 0 Å². The first-order chi connectivity index (χ1) is 8.72. The predicted octanol–water partition coefficient (Wildman–Crippen LogP) is 4.07. The molecule has 1 aromatic carbocycles. The van der Waals surface area contributed by atoms with Crippen LogP contribution in [0, 0.1) is 5.82 Å². The summed E-state index contributed by atoms with van der Waals surface area (Å²) in [5.74, 6) is -0.181. The van der Waals surface area contributed by atoms with E-state index < -0.39 is 0 Å². The van der Waals surface area contributed by atoms with Gasteiger partial charge in [0.1, 0.15) is 5.82 Å². The van der Waals surface area contributed by atoms with Crippen molar-refractivity contribution in [3.8, 4) is 0 Å². The Labute approximate surface area is 137 Å². The highest BCUT2D eigenvalue weighted by Gasteiger charge is 2.23. The van der Waals surface area contributed by atoms with Gasteiger partial charge in [0.15, 0.2) is 0 Å². The fraction of sp³-hybridized carbons (Fsp3) is 0.571. The van der Waals surface area contributed by atoms with Crippen molar-refractivity contribution >= 4 is 36.4 Å². The Hall–Kier alpha value is -0.0600. The summed E-state index contributed by atoms with van der Waals surface area (Å²) in [5, 5.41) is 3.79. The van der Waals surface area contributed by atoms with E-state index in [4.69, 9.17) is 11.6 Å². The fourth-order valence-corrected chi connectivity index (χ4v) is 2.73. The SMILES string of the molecule is CCC[C@@H](c1ccc(Cl)cc1F)N1CCNCC1.Cl.Cl. The van der Waals surface area contributed by atoms with Gasteiger partial charge in [-0.15, -0.1) is 24.8 Å². The Morgan fingerprint density at radius 3 is 2.50 bits per heavy atom. The molecule has 2 nitrogen and oxygen atoms in total. The van der Waals surface area contributed by atoms with Crippen molar-refractivity contribution in [3.05, 3.63) is 34.6 Å². The Morgan fingerprint density at radius 2 is 1.95 bits per heavy atom. The first-order valence-corrected chi connectivity index (χ1v) is 7.00. The minimum Gasteiger partial charge on any atom is -0.314 e. The van der Waals surface area contributed by atoms with E-state index in [1.54, 1.807) is 6.07 Å². The largest absolute Gasteiger partial charge is 0.314 e. The third-order valence-electron chi connectivity index (χ3n) is 3.48. The standard InChI is InChI=1S/C14H20ClFN2.2ClH/c1-2-3-14(18-8-6-17-7-9-18)12-5-4-11(15)10-13(12)16;;/h4-5,10,14,17H,2-3,6-9H2,1H3;2*1H/t14-;;/m0../s1. The highest BCUT2D eigenvalue weighted by molar-refractivity contribution is 6.30. The molecule has 1 atom stereocenters. The zero-order chi connectivity index (χ0) is 13.0. The molecule has 1 heterocycles. The van der Waals surface area contributed by atoms with E-state index in [-0.39, 0.29) is 36.7 Å². The molecule has 0 bridgehead atoms. The van der Waals surface area contributed by atoms with E-state index in [0.717, 1.165) is 44.6 Å². The highest BCUT2D eigenvalue weighted by Crippen LogP contribution is 2.29. The summed E-state index contributed by atoms with van der Waals surface area (Å²) in [4.78, 5) is 2.37. The van der Waals surface area contributed by atoms with E-state index >= 15 is 0 Å². The number of nitrogens with zero attached hydrogens (tertiary/aromatic N) is 1. The van der Waals surface area contributed by atoms with E-state index in [2.05, 4.69) is 17.1 Å². The Kier molecular flexibility index (Phi) is 9.77. The molecule has 0 spiro atoms. The Morgan fingerprint density at radius 1 is 1.30 bits per heavy atom. The van der Waals surface area contributed by atoms with Crippen molar-refractivity contribution in [1.82, 2.24) is 10.2 Å². The lowest BCUT2D eigenvalue weighted by molar-refractivity contribution is 0.161. The van der Waals surface area contributed by atoms with Crippen LogP contribution in [-0.2, 0) is 0 Å². The van der Waals surface area contributed by atoms with Gasteiger partial charge in [-0.2, -0.15) is 0 Å². The van der Waals surface area contributed by atoms with Gasteiger partial charge in [-0.05, 0) is 18.6 Å². The molecule has 1 saturated heterocycles. The van der Waals surface area contributed by atoms with Crippen molar-refractivity contribution in [2.24, 2.45) is 0 Å². The third kappa shape index (κ3) is 5.05. The predicted molar refractivity (Wildman–Crippen MR) is 88.0 cm³/mol. The molecule has 0 saturated carbocycles. The summed E-state index contributed by atoms with van der Waals surface area (Å²) in [6.45, 7) is 6.06. The molecule has 1 fully saturated rings. The molecule has 0 aromatic heterocycles. The normalized spacial score (nSPS) is 16.9. The lowest BCUT2D eigenvalue weighted by Crippen LogP contribution is -2.45. The average Bonchev–Trinajstić information content (AvgIpc) is 2.38. The number of nitrogens with one attached hydrogen (secondary N) is 1. The van der Waals surface area contributed by atoms with Gasteiger partial charge in [-0.25, -0.2) is 4.39 Å². The van der Waals surface area contributed by atoms with Gasteiger partial charge in [0.25, 0.3) is 0 Å². The van der Waals surface area contributed by atoms with Gasteiger partial charge >= 0.3 is 0 Å². The molecule has 1 aliphatic heterocycles. The molecule has 6 heteroatoms. The molecular weight excluding hydrogens is 322 g/mol. The summed E-state index contributed by atoms with van der Waals surface area (Å²) in [6.07, 6.45) is 2.04. The lowest BCUT2D eigenvalue weighted by atomic mass is 9.99. The monoisotopic (exact) mass is 342 g/mol. The maximum atomic E-state index is 14.1. The van der Waals surface area contributed by atoms with Crippen molar-refractivity contribution in [1.29, 1.82) is 0 Å². The van der Waals surface area contributed by atoms with Crippen LogP contribution in [0.2, 0.25) is 5.02 Å². The Balaban J connectivity index is 0.00000180. The lowest BCUT2D eigenvalue weighted by Gasteiger charge is -2.35. The fourth-order valence-electron chi connectivity index (χ4n) is 2.57. The van der Waals surface area contributed by atoms with E-state index in [9.17, 15) is 4.39 Å². The number of hydrogen-bond donors (Lipinski definition) is 1. The van der Waals surface area contributed by atoms with Crippen molar-refractivity contribution < 1.29 is 4.39 Å². The maximum Gasteiger partial charge on any atom is 0.129 e. The van der Waals surface area contributed by atoms with Gasteiger partial charge in [-0.1, -0.05) is 31.0 Å². The minimum absolute atomic E-state index is 0. The zero-order valence-corrected chi connectivity index (χ0v) is 14.0. The molecule has 1 N–H and O–H groups in total. The smallest absolute Gasteiger partial charge is 0.129 e. The molecular formula is C14H22Cl3FN2. The van der Waals surface area contributed by atoms with Crippen LogP contribution >= 0.6 is 36.4 Å². The molecule has 2 rings (SSSR count). The second-order valence-electron chi connectivity index (χ2n) is 4.76. The molecule has 1 aromatic rings. The molecule has 0 unspecified atom stereocenters. The first-order valence-electron chi connectivity index (χ1n) is 6.62. The van der Waals surface area contributed by atoms with Crippen LogP contribution in [0.15, 0.2) is 18.2 Å². The second kappa shape index (κ2) is 9.80. The van der Waals surface area contributed by atoms with Crippen molar-refractivity contribution in [3.63, 3.8) is 0 Å². The highest BCUT2D eigenvalue weighted by atomic mass is 35.5. The van der Waals surface area contributed by atoms with Crippen LogP contribution in [0.5, 0.6) is 0 Å². The molecule has 0 amide bonds. The van der Waals surface area contributed by atoms with Crippen LogP contribution in [-0.4, -0.2) is 31.1 Å². The molecule has 0 radical (unpaired) electrons. The van der Waals surface area contributed by atoms with Crippen molar-refractivity contribution in [2.75, 3.05) is 26.2 Å². The number of hydrogen-bond acceptors (Lipinski definition) is 2. The van der Waals surface area contributed by atoms with Gasteiger partial charge < -0.3 is 5.32 Å². The summed E-state index contributed by atoms with van der Waals surface area (Å²) < 4.78 is 14.1. The minimum atomic E-state index is -0.181. The van der Waals surface area contributed by atoms with Crippen LogP contribution in [0.4, 0.5) is 4.39 Å². The van der Waals surface area contributed by atoms with Crippen LogP contribution in [0.3, 0.4) is 0 Å². The van der Waals surface area contributed by atoms with E-state index in [0.29, 0.717) is 5.02 Å². The van der Waals surface area contributed by atoms with Crippen molar-refractivity contribution in [2.45, 2.75) is 25.8 Å². The second-order valence-corrected chi connectivity index (χ2v) is 5.19. The van der Waals surface area contributed by atoms with Crippen LogP contribution in [0.25, 0.3) is 0 Å². The summed E-state index contributed by atoms with van der Waals surface area (Å²) in [7, 11) is 0. The number of piperazine rings is 1. The molecule has 0 aliphatic carbocycles. The quantitative estimate of drug-likeness (QED) is 0.886. The molecule has 20 heavy (non-hydrogen) atoms. The van der Waals surface area contributed by atoms with Crippen LogP contribution < -0.4 is 5.32 Å². The van der Waals surface area contributed by atoms with E-state index in [1.807, 2.05) is 6.07 Å². The van der Waals surface area contributed by atoms with E-state index in [1.165, 1.54) is 6.07 Å². The number of benzene rings is 1. The average molecular weight is 344 g/mol. The third-order valence-corrected chi connectivity index (χ3v) is 3.71. The van der Waals surface area contributed by atoms with Crippen LogP contribution in [0.1, 0.15) is 31.4 Å². The summed E-state index contributed by atoms with van der Waals surface area (Å²) in [6, 6.07) is 5.21. The van der Waals surface area contributed by atoms with Gasteiger partial charge in [0.05, 0.1) is 0 Å². The maximum absolute atomic E-state index is 14.1. The summed E-state index contributed by atoms with van der Waals surface area (Å²) in [5.41, 5.74) is 0.781. The zero-order valence-electron chi connectivity index (χ0n) is 11.6. The molecule has 116 valence electrons. The number of rotatable bonds is 4. The number of halogens is 4. The first kappa shape index (κ1) is 19.9. The van der Waals surface area contributed by atoms with Gasteiger partial charge in [-0.3, -0.25) is 4.90 Å². The molecule has 1 aliphatic rings.